The van der Waals surface area contributed by atoms with E-state index in [9.17, 15) is 14.4 Å². The third-order valence-electron chi connectivity index (χ3n) is 3.25. The van der Waals surface area contributed by atoms with Crippen LogP contribution in [0.15, 0.2) is 18.2 Å². The highest BCUT2D eigenvalue weighted by atomic mass is 16.5. The maximum atomic E-state index is 12.1. The molecule has 138 valence electrons. The second kappa shape index (κ2) is 10.3. The van der Waals surface area contributed by atoms with Crippen LogP contribution in [0, 0.1) is 0 Å². The number of hydrogen-bond acceptors (Lipinski definition) is 6. The van der Waals surface area contributed by atoms with Crippen molar-refractivity contribution >= 4 is 17.8 Å². The summed E-state index contributed by atoms with van der Waals surface area (Å²) < 4.78 is 15.5. The fraction of sp³-hybridized carbons (Fsp3) is 0.471. The number of amides is 2. The van der Waals surface area contributed by atoms with Crippen LogP contribution in [0.3, 0.4) is 0 Å². The van der Waals surface area contributed by atoms with Crippen LogP contribution in [-0.4, -0.2) is 63.6 Å². The van der Waals surface area contributed by atoms with Crippen LogP contribution in [-0.2, 0) is 25.7 Å². The summed E-state index contributed by atoms with van der Waals surface area (Å²) in [7, 11) is 4.69. The van der Waals surface area contributed by atoms with Gasteiger partial charge < -0.3 is 24.4 Å². The molecule has 0 saturated carbocycles. The summed E-state index contributed by atoms with van der Waals surface area (Å²) in [5.74, 6) is -0.846. The first-order chi connectivity index (χ1) is 11.9. The number of esters is 1. The third-order valence-corrected chi connectivity index (χ3v) is 3.25. The Kier molecular flexibility index (Phi) is 8.42. The molecule has 2 amide bonds. The van der Waals surface area contributed by atoms with Gasteiger partial charge in [0.1, 0.15) is 5.75 Å². The van der Waals surface area contributed by atoms with Crippen LogP contribution >= 0.6 is 0 Å². The first-order valence-electron chi connectivity index (χ1n) is 7.77. The molecule has 0 saturated heterocycles. The highest BCUT2D eigenvalue weighted by Crippen LogP contribution is 2.21. The van der Waals surface area contributed by atoms with E-state index in [1.54, 1.807) is 32.3 Å². The normalized spacial score (nSPS) is 10.1. The molecule has 0 spiro atoms. The molecule has 8 nitrogen and oxygen atoms in total. The molecule has 0 atom stereocenters. The summed E-state index contributed by atoms with van der Waals surface area (Å²) in [6.07, 6.45) is 0. The molecule has 1 N–H and O–H groups in total. The van der Waals surface area contributed by atoms with Crippen LogP contribution in [0.4, 0.5) is 0 Å². The highest BCUT2D eigenvalue weighted by Gasteiger charge is 2.14. The van der Waals surface area contributed by atoms with Gasteiger partial charge in [-0.15, -0.1) is 0 Å². The first-order valence-corrected chi connectivity index (χ1v) is 7.77. The SMILES string of the molecule is CCOCc1cc(C(=O)OCC(=O)NCC(=O)N(C)C)ccc1OC. The Balaban J connectivity index is 2.59. The Morgan fingerprint density at radius 1 is 1.20 bits per heavy atom. The van der Waals surface area contributed by atoms with Crippen molar-refractivity contribution in [1.29, 1.82) is 0 Å². The quantitative estimate of drug-likeness (QED) is 0.654. The Morgan fingerprint density at radius 3 is 2.52 bits per heavy atom. The van der Waals surface area contributed by atoms with Crippen LogP contribution in [0.5, 0.6) is 5.75 Å². The van der Waals surface area contributed by atoms with E-state index in [1.165, 1.54) is 12.0 Å². The van der Waals surface area contributed by atoms with Gasteiger partial charge in [-0.3, -0.25) is 9.59 Å². The second-order valence-corrected chi connectivity index (χ2v) is 5.30. The van der Waals surface area contributed by atoms with Crippen LogP contribution in [0.25, 0.3) is 0 Å². The number of carbonyl (C=O) groups excluding carboxylic acids is 3. The molecule has 1 aromatic rings. The number of benzene rings is 1. The van der Waals surface area contributed by atoms with Crippen molar-refractivity contribution < 1.29 is 28.6 Å². The van der Waals surface area contributed by atoms with Gasteiger partial charge in [0.2, 0.25) is 5.91 Å². The van der Waals surface area contributed by atoms with Gasteiger partial charge in [0.05, 0.1) is 25.8 Å². The van der Waals surface area contributed by atoms with Gasteiger partial charge in [-0.2, -0.15) is 0 Å². The molecule has 0 unspecified atom stereocenters. The molecule has 0 aromatic heterocycles. The Bertz CT molecular complexity index is 615. The maximum absolute atomic E-state index is 12.1. The van der Waals surface area contributed by atoms with Crippen molar-refractivity contribution in [2.45, 2.75) is 13.5 Å². The molecule has 8 heteroatoms. The van der Waals surface area contributed by atoms with Crippen molar-refractivity contribution in [2.75, 3.05) is 41.0 Å². The number of nitrogens with one attached hydrogen (secondary N) is 1. The van der Waals surface area contributed by atoms with E-state index in [2.05, 4.69) is 5.32 Å². The predicted octanol–water partition coefficient (Wildman–Crippen LogP) is 0.593. The zero-order valence-electron chi connectivity index (χ0n) is 15.0. The summed E-state index contributed by atoms with van der Waals surface area (Å²) in [4.78, 5) is 36.4. The number of rotatable bonds is 9. The first kappa shape index (κ1) is 20.4. The zero-order valence-corrected chi connectivity index (χ0v) is 15.0. The minimum absolute atomic E-state index is 0.148. The lowest BCUT2D eigenvalue weighted by Gasteiger charge is -2.12. The Labute approximate surface area is 147 Å². The Morgan fingerprint density at radius 2 is 1.92 bits per heavy atom. The average Bonchev–Trinajstić information content (AvgIpc) is 2.61. The zero-order chi connectivity index (χ0) is 18.8. The number of likely N-dealkylation sites (N-methyl/N-ethyl adjacent to an activating group) is 1. The van der Waals surface area contributed by atoms with E-state index < -0.39 is 18.5 Å². The predicted molar refractivity (Wildman–Crippen MR) is 90.3 cm³/mol. The molecule has 0 bridgehead atoms. The van der Waals surface area contributed by atoms with E-state index in [0.717, 1.165) is 0 Å². The lowest BCUT2D eigenvalue weighted by molar-refractivity contribution is -0.131. The molecule has 25 heavy (non-hydrogen) atoms. The molecule has 1 rings (SSSR count). The van der Waals surface area contributed by atoms with Crippen molar-refractivity contribution in [2.24, 2.45) is 0 Å². The van der Waals surface area contributed by atoms with Gasteiger partial charge in [0.15, 0.2) is 6.61 Å². The number of carbonyl (C=O) groups is 3. The second-order valence-electron chi connectivity index (χ2n) is 5.30. The van der Waals surface area contributed by atoms with E-state index in [0.29, 0.717) is 24.5 Å². The standard InChI is InChI=1S/C17H24N2O6/c1-5-24-10-13-8-12(6-7-14(13)23-4)17(22)25-11-15(20)18-9-16(21)19(2)3/h6-8H,5,9-11H2,1-4H3,(H,18,20). The van der Waals surface area contributed by atoms with Gasteiger partial charge in [-0.25, -0.2) is 4.79 Å². The van der Waals surface area contributed by atoms with Gasteiger partial charge in [0.25, 0.3) is 5.91 Å². The molecule has 0 radical (unpaired) electrons. The van der Waals surface area contributed by atoms with E-state index >= 15 is 0 Å². The number of nitrogens with zero attached hydrogens (tertiary/aromatic N) is 1. The van der Waals surface area contributed by atoms with Crippen molar-refractivity contribution in [3.8, 4) is 5.75 Å². The van der Waals surface area contributed by atoms with Crippen molar-refractivity contribution in [3.63, 3.8) is 0 Å². The molecular weight excluding hydrogens is 328 g/mol. The van der Waals surface area contributed by atoms with Crippen molar-refractivity contribution in [3.05, 3.63) is 29.3 Å². The fourth-order valence-electron chi connectivity index (χ4n) is 1.83. The smallest absolute Gasteiger partial charge is 0.338 e. The molecule has 0 aliphatic carbocycles. The molecular formula is C17H24N2O6. The summed E-state index contributed by atoms with van der Waals surface area (Å²) in [6.45, 7) is 2.08. The Hall–Kier alpha value is -2.61. The average molecular weight is 352 g/mol. The third kappa shape index (κ3) is 6.80. The molecule has 0 aliphatic rings. The molecule has 0 heterocycles. The lowest BCUT2D eigenvalue weighted by atomic mass is 10.1. The summed E-state index contributed by atoms with van der Waals surface area (Å²) in [6, 6.07) is 4.79. The van der Waals surface area contributed by atoms with E-state index in [1.807, 2.05) is 6.92 Å². The number of hydrogen-bond donors (Lipinski definition) is 1. The minimum Gasteiger partial charge on any atom is -0.496 e. The van der Waals surface area contributed by atoms with Gasteiger partial charge in [-0.05, 0) is 25.1 Å². The molecule has 1 aromatic carbocycles. The van der Waals surface area contributed by atoms with Gasteiger partial charge in [-0.1, -0.05) is 0 Å². The summed E-state index contributed by atoms with van der Waals surface area (Å²) >= 11 is 0. The summed E-state index contributed by atoms with van der Waals surface area (Å²) in [5, 5.41) is 2.38. The van der Waals surface area contributed by atoms with Gasteiger partial charge in [0, 0.05) is 26.3 Å². The number of methoxy groups -OCH3 is 1. The lowest BCUT2D eigenvalue weighted by Crippen LogP contribution is -2.38. The van der Waals surface area contributed by atoms with Crippen LogP contribution < -0.4 is 10.1 Å². The fourth-order valence-corrected chi connectivity index (χ4v) is 1.83. The van der Waals surface area contributed by atoms with Crippen LogP contribution in [0.1, 0.15) is 22.8 Å². The highest BCUT2D eigenvalue weighted by molar-refractivity contribution is 5.92. The van der Waals surface area contributed by atoms with Crippen LogP contribution in [0.2, 0.25) is 0 Å². The van der Waals surface area contributed by atoms with E-state index in [4.69, 9.17) is 14.2 Å². The van der Waals surface area contributed by atoms with Crippen molar-refractivity contribution in [1.82, 2.24) is 10.2 Å². The molecule has 0 fully saturated rings. The molecule has 0 aliphatic heterocycles. The minimum atomic E-state index is -0.644. The largest absolute Gasteiger partial charge is 0.496 e. The van der Waals surface area contributed by atoms with Gasteiger partial charge >= 0.3 is 5.97 Å². The number of ether oxygens (including phenoxy) is 3. The van der Waals surface area contributed by atoms with E-state index in [-0.39, 0.29) is 18.0 Å². The monoisotopic (exact) mass is 352 g/mol. The topological polar surface area (TPSA) is 94.2 Å². The summed E-state index contributed by atoms with van der Waals surface area (Å²) in [5.41, 5.74) is 0.993. The maximum Gasteiger partial charge on any atom is 0.338 e.